The minimum atomic E-state index is -0.518. The molecule has 2 aromatic rings. The Morgan fingerprint density at radius 3 is 2.32 bits per heavy atom. The number of amides is 1. The van der Waals surface area contributed by atoms with Crippen molar-refractivity contribution in [2.45, 2.75) is 85.8 Å². The number of para-hydroxylation sites is 1. The van der Waals surface area contributed by atoms with Gasteiger partial charge in [0.25, 0.3) is 0 Å². The van der Waals surface area contributed by atoms with Gasteiger partial charge in [0.15, 0.2) is 11.5 Å². The van der Waals surface area contributed by atoms with Crippen molar-refractivity contribution in [1.82, 2.24) is 9.80 Å². The van der Waals surface area contributed by atoms with Crippen molar-refractivity contribution >= 4 is 11.6 Å². The summed E-state index contributed by atoms with van der Waals surface area (Å²) in [6, 6.07) is 10.4. The second-order valence-electron chi connectivity index (χ2n) is 12.6. The lowest BCUT2D eigenvalue weighted by molar-refractivity contribution is -0.120. The molecule has 7 nitrogen and oxygen atoms in total. The van der Waals surface area contributed by atoms with Crippen LogP contribution in [0.2, 0.25) is 0 Å². The highest BCUT2D eigenvalue weighted by atomic mass is 16.5. The first kappa shape index (κ1) is 32.9. The van der Waals surface area contributed by atoms with Crippen LogP contribution in [0.4, 0.5) is 5.69 Å². The molecular formula is C34H435N3O4. The maximum absolute atomic E-state index is 13.2. The Morgan fingerprint density at radius 1 is 1.10 bits per heavy atom. The van der Waals surface area contributed by atoms with Crippen LogP contribution in [-0.2, 0) is 16.0 Å². The fourth-order valence-electron chi connectivity index (χ4n) is 5.60. The molecule has 0 aliphatic carbocycles. The Kier molecular flexibility index (Phi) is 11.3. The van der Waals surface area contributed by atoms with Gasteiger partial charge in [0, 0.05) is 317 Å². The fraction of sp³-hybridized carbons (Fsp3) is 0.618. The second kappa shape index (κ2) is 14.0. The summed E-state index contributed by atoms with van der Waals surface area (Å²) in [5, 5.41) is 3.26. The van der Waals surface area contributed by atoms with E-state index in [-0.39, 0.29) is 284 Å². The lowest BCUT2D eigenvalue weighted by Crippen LogP contribution is -2.63. The van der Waals surface area contributed by atoms with Crippen LogP contribution in [0.3, 0.4) is 0 Å². The Bertz CT molecular complexity index is 1330. The van der Waals surface area contributed by atoms with Crippen molar-refractivity contribution in [2.24, 2.45) is 0 Å². The van der Waals surface area contributed by atoms with E-state index in [1.54, 1.807) is 7.11 Å². The van der Waals surface area contributed by atoms with Gasteiger partial charge >= 0.3 is 0 Å². The molecule has 1 fully saturated rings. The molecule has 0 bridgehead atoms. The molecule has 2 aromatic carbocycles. The quantitative estimate of drug-likeness (QED) is 0.216. The van der Waals surface area contributed by atoms with Gasteiger partial charge < -0.3 is 19.5 Å². The number of nitrogens with zero attached hydrogens (tertiary/aromatic N) is 2. The van der Waals surface area contributed by atoms with Crippen LogP contribution >= 0.6 is 0 Å². The molecule has 1 N–H and O–H groups in total. The van der Waals surface area contributed by atoms with Crippen LogP contribution in [0.1, 0.15) is 349 Å². The highest BCUT2D eigenvalue weighted by molar-refractivity contribution is 5.94. The number of hydrogen-bond donors (Lipinski definition) is 1. The third-order valence-corrected chi connectivity index (χ3v) is 8.38. The number of carbonyl (C=O) groups is 1. The average Bonchev–Trinajstić information content (AvgIpc) is 2.91. The molecule has 610 valence electrons. The third kappa shape index (κ3) is 8.46. The molecule has 0 spiro atoms. The molecule has 1 atom stereocenters. The number of anilines is 1. The number of nitrogens with one attached hydrogen (secondary N) is 1. The molecule has 0 aromatic heterocycles. The molecule has 0 radical (unpaired) electrons. The summed E-state index contributed by atoms with van der Waals surface area (Å²) in [4.78, 5) is 17.9. The number of rotatable bonds is 13. The monoisotopic (exact) mass is 952 g/mol. The van der Waals surface area contributed by atoms with Crippen molar-refractivity contribution in [1.29, 1.82) is 0 Å². The van der Waals surface area contributed by atoms with Crippen LogP contribution in [0.5, 0.6) is 11.5 Å². The van der Waals surface area contributed by atoms with E-state index in [0.717, 1.165) is 43.2 Å². The lowest BCUT2D eigenvalue weighted by Gasteiger charge is -2.49. The van der Waals surface area contributed by atoms with E-state index in [2.05, 4.69) is 88.7 Å². The zero-order valence-corrected chi connectivity index (χ0v) is 27.1. The number of hydrogen-bond acceptors (Lipinski definition) is 6. The highest BCUT2D eigenvalue weighted by Crippen LogP contribution is 2.33. The molecule has 3 rings (SSSR count). The van der Waals surface area contributed by atoms with Crippen LogP contribution in [0, 0.1) is 13.8 Å². The zero-order chi connectivity index (χ0) is 30.4. The molecule has 0 saturated carbocycles. The number of carbonyl (C=O) groups excluding carboxylic acids is 1. The summed E-state index contributed by atoms with van der Waals surface area (Å²) in [6.45, 7) is 23.7. The number of aryl methyl sites for hydroxylation is 3. The van der Waals surface area contributed by atoms with Gasteiger partial charge in [0.05, 0.1) is 13.2 Å². The standard InChI is InChI=1S/C34H53N3O4.191H2/c1-11-27-14-13-15-28(24(3)4)32(27)35-31(38)20-36-16-17-37(33(7,8)21-36)22-34(9,39-10)23-41-30-19-26(6)25(5)18-29(30)40-12-2;;;;;;;;;;;;;;;;;;;;;;;;;;;;;;;;;;;;;;;;;;;;;;;;;;;;;;;;;;;;;;;;;;;;;;;;;;;;;;;;;;;;;;;;;;;;;;;;;;;;;;;;;;;;;;;;;;;;;;;;;;;;;;;;;;;;;;;;;;;;;;;;;;;;;;;;;;;;;;;;;;;;;;;;;;;;;;;;;;;;;;;;;;;;;;;/h13-15,18-19,24H,11-12,16-17,20-23H2,1-10H3,(H,35,38);191*1H. The van der Waals surface area contributed by atoms with Gasteiger partial charge in [-0.3, -0.25) is 14.6 Å². The van der Waals surface area contributed by atoms with Crippen LogP contribution < -0.4 is 14.8 Å². The number of piperazine rings is 1. The van der Waals surface area contributed by atoms with Crippen molar-refractivity contribution in [3.63, 3.8) is 0 Å². The maximum atomic E-state index is 13.2. The molecule has 1 saturated heterocycles. The predicted molar refractivity (Wildman–Crippen MR) is 572 cm³/mol. The first-order valence-corrected chi connectivity index (χ1v) is 15.1. The van der Waals surface area contributed by atoms with Gasteiger partial charge in [0.1, 0.15) is 12.2 Å². The van der Waals surface area contributed by atoms with E-state index in [1.165, 1.54) is 22.3 Å². The molecule has 1 unspecified atom stereocenters. The number of methoxy groups -OCH3 is 1. The summed E-state index contributed by atoms with van der Waals surface area (Å²) in [5.41, 5.74) is 5.06. The molecule has 41 heavy (non-hydrogen) atoms. The summed E-state index contributed by atoms with van der Waals surface area (Å²) in [7, 11) is 1.75. The van der Waals surface area contributed by atoms with E-state index >= 15 is 0 Å². The van der Waals surface area contributed by atoms with Crippen molar-refractivity contribution < 1.29 is 291 Å². The van der Waals surface area contributed by atoms with E-state index in [1.807, 2.05) is 19.1 Å². The summed E-state index contributed by atoms with van der Waals surface area (Å²) < 4.78 is 18.2. The van der Waals surface area contributed by atoms with Crippen molar-refractivity contribution in [3.05, 3.63) is 52.6 Å². The Hall–Kier alpha value is -2.61. The topological polar surface area (TPSA) is 63.3 Å². The Balaban J connectivity index is -0.000000000518. The molecule has 1 aliphatic rings. The van der Waals surface area contributed by atoms with Gasteiger partial charge in [-0.05, 0) is 88.3 Å². The summed E-state index contributed by atoms with van der Waals surface area (Å²) in [6.07, 6.45) is 0.889. The van der Waals surface area contributed by atoms with Crippen LogP contribution in [0.15, 0.2) is 30.3 Å². The molecular weight excluding hydrogens is 514 g/mol. The van der Waals surface area contributed by atoms with Gasteiger partial charge in [-0.1, -0.05) is 39.0 Å². The van der Waals surface area contributed by atoms with Gasteiger partial charge in [0.2, 0.25) is 5.91 Å². The molecule has 1 aliphatic heterocycles. The first-order valence-electron chi connectivity index (χ1n) is 15.1. The summed E-state index contributed by atoms with van der Waals surface area (Å²) in [5.74, 6) is 1.91. The smallest absolute Gasteiger partial charge is 0.238 e. The SMILES string of the molecule is CCOc1cc(C)c(C)cc1OCC(C)(CN1CCN(CC(=O)Nc2c(CC)cccc2C(C)C)CC1(C)C)OC.[HH].[HH].[HH].[HH].[HH].[HH].[HH].[HH].[HH].[HH].[HH].[HH].[HH].[HH].[HH].[HH].[HH].[HH].[HH].[HH].[HH].[HH].[HH].[HH].[HH].[HH].[HH].[HH].[HH].[HH].[HH].[HH].[HH].[HH].[HH].[HH].[HH].[HH].[HH].[HH].[HH].[HH].[HH].[HH].[HH].[HH].[HH].[HH].[HH].[HH].[HH].[HH].[HH].[HH].[HH].[HH].[HH].[HH].[HH].[HH].[HH].[HH].[HH].[HH].[HH].[HH].[HH].[HH].[HH].[HH].[HH].[HH].[HH].[HH].[HH].[HH].[HH].[HH].[HH].[HH].[HH].[HH].[HH].[HH].[HH].[HH].[HH].[HH].[HH].[HH].[HH].[HH].[HH].[HH].[HH].[HH].[HH].[HH].[HH].[HH].[HH].[HH].[HH].[HH].[HH].[HH].[HH].[HH].[HH].[HH].[HH].[HH].[HH].[HH].[HH].[HH].[HH].[HH].[HH].[HH].[HH].[HH].[HH].[HH].[HH].[HH].[HH].[HH].[HH].[HH].[HH].[HH].[HH].[HH].[HH].[HH].[HH].[HH].[HH].[HH].[HH].[HH].[HH].[HH].[HH].[HH].[HH].[HH].[HH].[HH].[HH].[HH].[HH].[HH].[HH].[HH].[HH].[HH].[HH].[HH].[HH].[HH].[HH].[HH].[HH].[HH].[HH].[HH].[HH].[HH].[HH].[HH].[HH].[HH].[HH].[HH].[HH].[HH].[HH].[HH].[HH].[HH].[HH].[HH].[HH].[HH].[HH].[HH].[HH].[HH].[HH]. The molecule has 1 heterocycles. The second-order valence-corrected chi connectivity index (χ2v) is 12.6. The van der Waals surface area contributed by atoms with E-state index in [4.69, 9.17) is 14.2 Å². The first-order chi connectivity index (χ1) is 19.3. The van der Waals surface area contributed by atoms with Crippen molar-refractivity contribution in [3.8, 4) is 11.5 Å². The van der Waals surface area contributed by atoms with E-state index in [0.29, 0.717) is 32.2 Å². The minimum Gasteiger partial charge on any atom is -0.490 e. The number of ether oxygens (including phenoxy) is 3. The average molecular weight is 953 g/mol. The van der Waals surface area contributed by atoms with Crippen LogP contribution in [-0.4, -0.2) is 79.9 Å². The maximum Gasteiger partial charge on any atom is 0.238 e. The largest absolute Gasteiger partial charge is 0.490 e. The summed E-state index contributed by atoms with van der Waals surface area (Å²) >= 11 is 0. The molecule has 1 amide bonds. The van der Waals surface area contributed by atoms with Crippen molar-refractivity contribution in [2.75, 3.05) is 58.4 Å². The highest BCUT2D eigenvalue weighted by Gasteiger charge is 2.39. The number of benzene rings is 2. The van der Waals surface area contributed by atoms with E-state index < -0.39 is 5.60 Å². The lowest BCUT2D eigenvalue weighted by atomic mass is 9.95. The normalized spacial score (nSPS) is 17.3. The van der Waals surface area contributed by atoms with Crippen LogP contribution in [0.25, 0.3) is 0 Å². The third-order valence-electron chi connectivity index (χ3n) is 8.38. The fourth-order valence-corrected chi connectivity index (χ4v) is 5.60. The Labute approximate surface area is 532 Å². The zero-order valence-electron chi connectivity index (χ0n) is 27.1. The minimum absolute atomic E-state index is 0. The van der Waals surface area contributed by atoms with Gasteiger partial charge in [-0.25, -0.2) is 0 Å². The van der Waals surface area contributed by atoms with E-state index in [9.17, 15) is 4.79 Å². The van der Waals surface area contributed by atoms with Gasteiger partial charge in [-0.15, -0.1) is 0 Å². The predicted octanol–water partition coefficient (Wildman–Crippen LogP) is 53.2. The van der Waals surface area contributed by atoms with Gasteiger partial charge in [-0.2, -0.15) is 0 Å². The Morgan fingerprint density at radius 2 is 1.76 bits per heavy atom. The molecule has 7 heteroatoms.